The summed E-state index contributed by atoms with van der Waals surface area (Å²) in [6, 6.07) is 16.9. The molecule has 3 rings (SSSR count). The largest absolute Gasteiger partial charge is 0.417 e. The van der Waals surface area contributed by atoms with Crippen molar-refractivity contribution < 1.29 is 27.6 Å². The molecular formula is C23H16ClF3N4O3. The first-order chi connectivity index (χ1) is 16.1. The average Bonchev–Trinajstić information content (AvgIpc) is 2.80. The zero-order chi connectivity index (χ0) is 24.7. The molecule has 7 nitrogen and oxygen atoms in total. The summed E-state index contributed by atoms with van der Waals surface area (Å²) in [6.07, 6.45) is -3.83. The molecule has 3 amide bonds. The Kier molecular flexibility index (Phi) is 7.64. The van der Waals surface area contributed by atoms with E-state index in [9.17, 15) is 27.6 Å². The molecule has 0 aliphatic rings. The Morgan fingerprint density at radius 3 is 2.18 bits per heavy atom. The number of amides is 3. The number of hydrogen-bond acceptors (Lipinski definition) is 4. The van der Waals surface area contributed by atoms with Crippen molar-refractivity contribution >= 4 is 46.9 Å². The number of alkyl halides is 3. The summed E-state index contributed by atoms with van der Waals surface area (Å²) in [6.45, 7) is 0. The lowest BCUT2D eigenvalue weighted by Gasteiger charge is -2.11. The van der Waals surface area contributed by atoms with Gasteiger partial charge in [-0.2, -0.15) is 18.3 Å². The van der Waals surface area contributed by atoms with Gasteiger partial charge in [-0.25, -0.2) is 5.43 Å². The zero-order valence-electron chi connectivity index (χ0n) is 17.2. The Balaban J connectivity index is 1.66. The number of anilines is 2. The molecule has 0 aliphatic heterocycles. The van der Waals surface area contributed by atoms with Crippen molar-refractivity contribution in [2.24, 2.45) is 5.10 Å². The van der Waals surface area contributed by atoms with Gasteiger partial charge in [0.15, 0.2) is 0 Å². The standard InChI is InChI=1S/C23H16ClF3N4O3/c24-15-9-11-16(12-10-15)29-20(32)17-6-2-4-8-19(17)30-21(33)22(34)31-28-13-14-5-1-3-7-18(14)23(25,26)27/h1-13H,(H,29,32)(H,30,33)(H,31,34)/b28-13-. The van der Waals surface area contributed by atoms with E-state index in [0.717, 1.165) is 18.3 Å². The van der Waals surface area contributed by atoms with Crippen LogP contribution in [0.4, 0.5) is 24.5 Å². The smallest absolute Gasteiger partial charge is 0.322 e. The third-order valence-corrected chi connectivity index (χ3v) is 4.62. The van der Waals surface area contributed by atoms with Gasteiger partial charge >= 0.3 is 18.0 Å². The van der Waals surface area contributed by atoms with Crippen LogP contribution in [0.2, 0.25) is 5.02 Å². The van der Waals surface area contributed by atoms with Crippen LogP contribution in [-0.4, -0.2) is 23.9 Å². The molecule has 0 fully saturated rings. The van der Waals surface area contributed by atoms with Crippen LogP contribution in [0.1, 0.15) is 21.5 Å². The summed E-state index contributed by atoms with van der Waals surface area (Å²) in [5, 5.41) is 8.83. The fraction of sp³-hybridized carbons (Fsp3) is 0.0435. The molecule has 0 aromatic heterocycles. The number of rotatable bonds is 5. The van der Waals surface area contributed by atoms with Crippen LogP contribution in [0.15, 0.2) is 77.9 Å². The summed E-state index contributed by atoms with van der Waals surface area (Å²) in [7, 11) is 0. The third-order valence-electron chi connectivity index (χ3n) is 4.36. The lowest BCUT2D eigenvalue weighted by atomic mass is 10.1. The Labute approximate surface area is 196 Å². The number of benzene rings is 3. The van der Waals surface area contributed by atoms with Crippen LogP contribution < -0.4 is 16.1 Å². The van der Waals surface area contributed by atoms with E-state index in [-0.39, 0.29) is 16.8 Å². The second-order valence-corrected chi connectivity index (χ2v) is 7.18. The first-order valence-electron chi connectivity index (χ1n) is 9.61. The quantitative estimate of drug-likeness (QED) is 0.276. The van der Waals surface area contributed by atoms with Gasteiger partial charge in [0.1, 0.15) is 0 Å². The second kappa shape index (κ2) is 10.6. The molecule has 0 unspecified atom stereocenters. The molecule has 0 aliphatic carbocycles. The summed E-state index contributed by atoms with van der Waals surface area (Å²) < 4.78 is 39.0. The van der Waals surface area contributed by atoms with Crippen molar-refractivity contribution in [2.75, 3.05) is 10.6 Å². The molecule has 0 heterocycles. The SMILES string of the molecule is O=C(N/N=C\c1ccccc1C(F)(F)F)C(=O)Nc1ccccc1C(=O)Nc1ccc(Cl)cc1. The maximum atomic E-state index is 13.0. The van der Waals surface area contributed by atoms with E-state index >= 15 is 0 Å². The van der Waals surface area contributed by atoms with Crippen molar-refractivity contribution in [1.82, 2.24) is 5.43 Å². The molecule has 0 radical (unpaired) electrons. The van der Waals surface area contributed by atoms with E-state index in [1.54, 1.807) is 36.4 Å². The first kappa shape index (κ1) is 24.5. The third kappa shape index (κ3) is 6.42. The van der Waals surface area contributed by atoms with Crippen LogP contribution in [0, 0.1) is 0 Å². The molecule has 0 bridgehead atoms. The number of hydrazone groups is 1. The predicted molar refractivity (Wildman–Crippen MR) is 122 cm³/mol. The lowest BCUT2D eigenvalue weighted by Crippen LogP contribution is -2.33. The van der Waals surface area contributed by atoms with Crippen molar-refractivity contribution in [3.63, 3.8) is 0 Å². The molecule has 0 saturated carbocycles. The minimum atomic E-state index is -4.61. The Hall–Kier alpha value is -4.18. The molecule has 0 saturated heterocycles. The number of nitrogens with zero attached hydrogens (tertiary/aromatic N) is 1. The summed E-state index contributed by atoms with van der Waals surface area (Å²) >= 11 is 5.82. The normalized spacial score (nSPS) is 11.2. The number of carbonyl (C=O) groups is 3. The van der Waals surface area contributed by atoms with Crippen LogP contribution in [0.25, 0.3) is 0 Å². The minimum Gasteiger partial charge on any atom is -0.322 e. The number of hydrogen-bond donors (Lipinski definition) is 3. The van der Waals surface area contributed by atoms with Gasteiger partial charge in [0.2, 0.25) is 0 Å². The molecule has 3 N–H and O–H groups in total. The van der Waals surface area contributed by atoms with Gasteiger partial charge in [-0.3, -0.25) is 14.4 Å². The molecular weight excluding hydrogens is 473 g/mol. The highest BCUT2D eigenvalue weighted by atomic mass is 35.5. The Bertz CT molecular complexity index is 1240. The molecule has 3 aromatic carbocycles. The van der Waals surface area contributed by atoms with Gasteiger partial charge in [-0.1, -0.05) is 41.9 Å². The maximum absolute atomic E-state index is 13.0. The van der Waals surface area contributed by atoms with Gasteiger partial charge in [0, 0.05) is 16.3 Å². The molecule has 0 spiro atoms. The number of nitrogens with one attached hydrogen (secondary N) is 3. The monoisotopic (exact) mass is 488 g/mol. The van der Waals surface area contributed by atoms with Gasteiger partial charge in [0.25, 0.3) is 5.91 Å². The molecule has 174 valence electrons. The molecule has 3 aromatic rings. The zero-order valence-corrected chi connectivity index (χ0v) is 17.9. The fourth-order valence-electron chi connectivity index (χ4n) is 2.78. The van der Waals surface area contributed by atoms with Gasteiger partial charge in [-0.05, 0) is 42.5 Å². The second-order valence-electron chi connectivity index (χ2n) is 6.74. The maximum Gasteiger partial charge on any atom is 0.417 e. The Morgan fingerprint density at radius 2 is 1.47 bits per heavy atom. The lowest BCUT2D eigenvalue weighted by molar-refractivity contribution is -0.137. The summed E-state index contributed by atoms with van der Waals surface area (Å²) in [5.41, 5.74) is 1.20. The first-order valence-corrected chi connectivity index (χ1v) is 9.99. The molecule has 0 atom stereocenters. The van der Waals surface area contributed by atoms with Crippen molar-refractivity contribution in [3.8, 4) is 0 Å². The highest BCUT2D eigenvalue weighted by Gasteiger charge is 2.32. The minimum absolute atomic E-state index is 0.0421. The number of para-hydroxylation sites is 1. The van der Waals surface area contributed by atoms with E-state index in [2.05, 4.69) is 15.7 Å². The summed E-state index contributed by atoms with van der Waals surface area (Å²) in [5.74, 6) is -2.97. The van der Waals surface area contributed by atoms with Crippen LogP contribution >= 0.6 is 11.6 Å². The molecule has 11 heteroatoms. The van der Waals surface area contributed by atoms with E-state index in [4.69, 9.17) is 11.6 Å². The number of halogens is 4. The van der Waals surface area contributed by atoms with E-state index in [0.29, 0.717) is 10.7 Å². The predicted octanol–water partition coefficient (Wildman–Crippen LogP) is 4.70. The van der Waals surface area contributed by atoms with Crippen molar-refractivity contribution in [3.05, 3.63) is 94.5 Å². The average molecular weight is 489 g/mol. The van der Waals surface area contributed by atoms with E-state index < -0.39 is 29.5 Å². The fourth-order valence-corrected chi connectivity index (χ4v) is 2.91. The number of carbonyl (C=O) groups excluding carboxylic acids is 3. The summed E-state index contributed by atoms with van der Waals surface area (Å²) in [4.78, 5) is 36.9. The van der Waals surface area contributed by atoms with Crippen molar-refractivity contribution in [1.29, 1.82) is 0 Å². The highest BCUT2D eigenvalue weighted by Crippen LogP contribution is 2.31. The van der Waals surface area contributed by atoms with E-state index in [1.165, 1.54) is 24.3 Å². The topological polar surface area (TPSA) is 99.7 Å². The van der Waals surface area contributed by atoms with Crippen molar-refractivity contribution in [2.45, 2.75) is 6.18 Å². The van der Waals surface area contributed by atoms with Gasteiger partial charge < -0.3 is 10.6 Å². The Morgan fingerprint density at radius 1 is 0.824 bits per heavy atom. The van der Waals surface area contributed by atoms with Crippen LogP contribution in [0.5, 0.6) is 0 Å². The van der Waals surface area contributed by atoms with E-state index in [1.807, 2.05) is 5.43 Å². The van der Waals surface area contributed by atoms with Crippen LogP contribution in [-0.2, 0) is 15.8 Å². The van der Waals surface area contributed by atoms with Gasteiger partial charge in [0.05, 0.1) is 23.0 Å². The van der Waals surface area contributed by atoms with Crippen LogP contribution in [0.3, 0.4) is 0 Å². The van der Waals surface area contributed by atoms with Gasteiger partial charge in [-0.15, -0.1) is 0 Å². The highest BCUT2D eigenvalue weighted by molar-refractivity contribution is 6.40. The molecule has 34 heavy (non-hydrogen) atoms.